The Labute approximate surface area is 194 Å². The molecule has 32 heavy (non-hydrogen) atoms. The van der Waals surface area contributed by atoms with Crippen LogP contribution in [-0.2, 0) is 0 Å². The first-order valence-electron chi connectivity index (χ1n) is 10.2. The SMILES string of the molecule is Clc1nc(-c2ccccc2)nc(-c2cccc3sc4c(-c5ccccc5)cccc4c23)n1. The number of fused-ring (bicyclic) bond motifs is 3. The molecular weight excluding hydrogens is 434 g/mol. The van der Waals surface area contributed by atoms with Gasteiger partial charge in [-0.2, -0.15) is 9.97 Å². The molecule has 2 aromatic heterocycles. The van der Waals surface area contributed by atoms with Crippen molar-refractivity contribution in [3.8, 4) is 33.9 Å². The quantitative estimate of drug-likeness (QED) is 0.275. The number of benzene rings is 4. The van der Waals surface area contributed by atoms with E-state index >= 15 is 0 Å². The largest absolute Gasteiger partial charge is 0.226 e. The standard InChI is InChI=1S/C27H16ClN3S/c28-27-30-25(18-11-5-2-6-12-18)29-26(31-27)21-15-8-16-22-23(21)20-14-7-13-19(24(20)32-22)17-9-3-1-4-10-17/h1-16H. The van der Waals surface area contributed by atoms with Crippen LogP contribution < -0.4 is 0 Å². The zero-order chi connectivity index (χ0) is 21.5. The highest BCUT2D eigenvalue weighted by molar-refractivity contribution is 7.26. The predicted molar refractivity (Wildman–Crippen MR) is 134 cm³/mol. The summed E-state index contributed by atoms with van der Waals surface area (Å²) in [6.07, 6.45) is 0. The molecule has 0 unspecified atom stereocenters. The highest BCUT2D eigenvalue weighted by atomic mass is 35.5. The van der Waals surface area contributed by atoms with Crippen molar-refractivity contribution in [3.05, 3.63) is 102 Å². The van der Waals surface area contributed by atoms with E-state index in [-0.39, 0.29) is 5.28 Å². The van der Waals surface area contributed by atoms with Crippen molar-refractivity contribution in [3.63, 3.8) is 0 Å². The molecule has 0 saturated carbocycles. The molecule has 0 bridgehead atoms. The van der Waals surface area contributed by atoms with E-state index in [2.05, 4.69) is 70.6 Å². The van der Waals surface area contributed by atoms with Gasteiger partial charge in [-0.05, 0) is 28.8 Å². The van der Waals surface area contributed by atoms with Crippen LogP contribution in [0.2, 0.25) is 5.28 Å². The molecule has 0 aliphatic heterocycles. The normalized spacial score (nSPS) is 11.3. The van der Waals surface area contributed by atoms with Crippen molar-refractivity contribution >= 4 is 43.1 Å². The smallest absolute Gasteiger partial charge is 0.208 e. The summed E-state index contributed by atoms with van der Waals surface area (Å²) >= 11 is 8.13. The number of halogens is 1. The summed E-state index contributed by atoms with van der Waals surface area (Å²) in [6.45, 7) is 0. The molecule has 3 nitrogen and oxygen atoms in total. The van der Waals surface area contributed by atoms with Crippen molar-refractivity contribution in [1.29, 1.82) is 0 Å². The second-order valence-corrected chi connectivity index (χ2v) is 8.84. The average molecular weight is 450 g/mol. The topological polar surface area (TPSA) is 38.7 Å². The molecule has 2 heterocycles. The van der Waals surface area contributed by atoms with Gasteiger partial charge in [0.1, 0.15) is 0 Å². The Bertz CT molecular complexity index is 1580. The number of nitrogens with zero attached hydrogens (tertiary/aromatic N) is 3. The van der Waals surface area contributed by atoms with Gasteiger partial charge < -0.3 is 0 Å². The summed E-state index contributed by atoms with van der Waals surface area (Å²) in [7, 11) is 0. The minimum Gasteiger partial charge on any atom is -0.208 e. The molecule has 6 aromatic rings. The molecule has 0 aliphatic rings. The maximum absolute atomic E-state index is 6.34. The fourth-order valence-corrected chi connectivity index (χ4v) is 5.49. The van der Waals surface area contributed by atoms with Crippen molar-refractivity contribution in [2.75, 3.05) is 0 Å². The second kappa shape index (κ2) is 7.83. The van der Waals surface area contributed by atoms with E-state index in [0.29, 0.717) is 11.6 Å². The van der Waals surface area contributed by atoms with Gasteiger partial charge in [0, 0.05) is 31.3 Å². The molecule has 0 radical (unpaired) electrons. The molecule has 0 saturated heterocycles. The monoisotopic (exact) mass is 449 g/mol. The van der Waals surface area contributed by atoms with Crippen molar-refractivity contribution < 1.29 is 0 Å². The van der Waals surface area contributed by atoms with Gasteiger partial charge in [-0.1, -0.05) is 91.0 Å². The molecule has 5 heteroatoms. The molecule has 0 atom stereocenters. The maximum atomic E-state index is 6.34. The van der Waals surface area contributed by atoms with Crippen LogP contribution in [0.4, 0.5) is 0 Å². The molecule has 4 aromatic carbocycles. The number of hydrogen-bond donors (Lipinski definition) is 0. The van der Waals surface area contributed by atoms with Gasteiger partial charge in [-0.3, -0.25) is 0 Å². The first-order chi connectivity index (χ1) is 15.8. The second-order valence-electron chi connectivity index (χ2n) is 7.45. The molecule has 0 amide bonds. The highest BCUT2D eigenvalue weighted by Gasteiger charge is 2.17. The molecule has 6 rings (SSSR count). The third-order valence-electron chi connectivity index (χ3n) is 5.49. The zero-order valence-corrected chi connectivity index (χ0v) is 18.4. The first kappa shape index (κ1) is 19.1. The summed E-state index contributed by atoms with van der Waals surface area (Å²) in [5.41, 5.74) is 4.31. The van der Waals surface area contributed by atoms with Gasteiger partial charge in [-0.25, -0.2) is 4.98 Å². The summed E-state index contributed by atoms with van der Waals surface area (Å²) in [6, 6.07) is 33.1. The average Bonchev–Trinajstić information content (AvgIpc) is 3.24. The highest BCUT2D eigenvalue weighted by Crippen LogP contribution is 2.43. The summed E-state index contributed by atoms with van der Waals surface area (Å²) in [4.78, 5) is 13.6. The Balaban J connectivity index is 1.61. The molecular formula is C27H16ClN3S. The number of hydrogen-bond acceptors (Lipinski definition) is 4. The minimum absolute atomic E-state index is 0.190. The van der Waals surface area contributed by atoms with Gasteiger partial charge in [0.25, 0.3) is 0 Å². The Morgan fingerprint density at radius 2 is 1.22 bits per heavy atom. The third-order valence-corrected chi connectivity index (χ3v) is 6.86. The Morgan fingerprint density at radius 3 is 2.00 bits per heavy atom. The lowest BCUT2D eigenvalue weighted by Gasteiger charge is -2.07. The number of rotatable bonds is 3. The van der Waals surface area contributed by atoms with Crippen LogP contribution >= 0.6 is 22.9 Å². The van der Waals surface area contributed by atoms with Crippen LogP contribution in [0, 0.1) is 0 Å². The summed E-state index contributed by atoms with van der Waals surface area (Å²) < 4.78 is 2.45. The zero-order valence-electron chi connectivity index (χ0n) is 16.9. The lowest BCUT2D eigenvalue weighted by atomic mass is 10.0. The van der Waals surface area contributed by atoms with Crippen LogP contribution in [0.15, 0.2) is 97.1 Å². The van der Waals surface area contributed by atoms with Crippen LogP contribution in [0.1, 0.15) is 0 Å². The predicted octanol–water partition coefficient (Wildman–Crippen LogP) is 7.89. The fraction of sp³-hybridized carbons (Fsp3) is 0. The Kier molecular flexibility index (Phi) is 4.67. The summed E-state index contributed by atoms with van der Waals surface area (Å²) in [5, 5.41) is 2.53. The van der Waals surface area contributed by atoms with Gasteiger partial charge in [0.2, 0.25) is 5.28 Å². The summed E-state index contributed by atoms with van der Waals surface area (Å²) in [5.74, 6) is 1.15. The lowest BCUT2D eigenvalue weighted by Crippen LogP contribution is -1.97. The lowest BCUT2D eigenvalue weighted by molar-refractivity contribution is 1.07. The van der Waals surface area contributed by atoms with Crippen molar-refractivity contribution in [2.24, 2.45) is 0 Å². The van der Waals surface area contributed by atoms with E-state index in [1.807, 2.05) is 36.4 Å². The molecule has 152 valence electrons. The van der Waals surface area contributed by atoms with Gasteiger partial charge in [0.05, 0.1) is 0 Å². The van der Waals surface area contributed by atoms with Gasteiger partial charge in [0.15, 0.2) is 11.6 Å². The van der Waals surface area contributed by atoms with E-state index in [1.54, 1.807) is 11.3 Å². The molecule has 0 spiro atoms. The van der Waals surface area contributed by atoms with E-state index in [4.69, 9.17) is 16.6 Å². The number of thiophene rings is 1. The van der Waals surface area contributed by atoms with E-state index in [1.165, 1.54) is 25.9 Å². The third kappa shape index (κ3) is 3.25. The fourth-order valence-electron chi connectivity index (χ4n) is 4.07. The minimum atomic E-state index is 0.190. The van der Waals surface area contributed by atoms with Gasteiger partial charge >= 0.3 is 0 Å². The van der Waals surface area contributed by atoms with Crippen LogP contribution in [0.25, 0.3) is 54.1 Å². The first-order valence-corrected chi connectivity index (χ1v) is 11.4. The van der Waals surface area contributed by atoms with E-state index in [0.717, 1.165) is 16.5 Å². The van der Waals surface area contributed by atoms with Crippen LogP contribution in [0.5, 0.6) is 0 Å². The van der Waals surface area contributed by atoms with Crippen molar-refractivity contribution in [2.45, 2.75) is 0 Å². The Hall–Kier alpha value is -3.60. The van der Waals surface area contributed by atoms with E-state index in [9.17, 15) is 0 Å². The van der Waals surface area contributed by atoms with E-state index < -0.39 is 0 Å². The van der Waals surface area contributed by atoms with Crippen LogP contribution in [0.3, 0.4) is 0 Å². The molecule has 0 fully saturated rings. The maximum Gasteiger partial charge on any atom is 0.226 e. The molecule has 0 aliphatic carbocycles. The van der Waals surface area contributed by atoms with Crippen LogP contribution in [-0.4, -0.2) is 15.0 Å². The van der Waals surface area contributed by atoms with Crippen molar-refractivity contribution in [1.82, 2.24) is 15.0 Å². The number of aromatic nitrogens is 3. The molecule has 0 N–H and O–H groups in total. The van der Waals surface area contributed by atoms with Gasteiger partial charge in [-0.15, -0.1) is 11.3 Å². The Morgan fingerprint density at radius 1 is 0.562 bits per heavy atom.